The van der Waals surface area contributed by atoms with Crippen molar-refractivity contribution in [3.63, 3.8) is 0 Å². The molecule has 13 nitrogen and oxygen atoms in total. The fraction of sp³-hybridized carbons (Fsp3) is 0.360. The molecule has 0 aliphatic carbocycles. The van der Waals surface area contributed by atoms with Gasteiger partial charge in [0, 0.05) is 55.3 Å². The molecule has 0 radical (unpaired) electrons. The Hall–Kier alpha value is -4.00. The van der Waals surface area contributed by atoms with Gasteiger partial charge in [0.05, 0.1) is 25.5 Å². The minimum Gasteiger partial charge on any atom is -0.495 e. The first-order chi connectivity index (χ1) is 19.0. The van der Waals surface area contributed by atoms with Crippen LogP contribution in [-0.2, 0) is 24.4 Å². The second kappa shape index (κ2) is 14.4. The van der Waals surface area contributed by atoms with Crippen LogP contribution in [0.3, 0.4) is 0 Å². The van der Waals surface area contributed by atoms with E-state index in [2.05, 4.69) is 45.1 Å². The molecule has 2 N–H and O–H groups in total. The average molecular weight is 593 g/mol. The number of ether oxygens (including phenoxy) is 3. The van der Waals surface area contributed by atoms with Gasteiger partial charge in [-0.1, -0.05) is 13.2 Å². The van der Waals surface area contributed by atoms with E-state index in [9.17, 15) is 22.1 Å². The number of sulfone groups is 2. The number of nitrogens with zero attached hydrogens (tertiary/aromatic N) is 4. The Morgan fingerprint density at radius 1 is 1.00 bits per heavy atom. The first-order valence-electron chi connectivity index (χ1n) is 11.8. The molecule has 0 unspecified atom stereocenters. The van der Waals surface area contributed by atoms with Gasteiger partial charge in [0.15, 0.2) is 15.7 Å². The number of anilines is 2. The number of azo groups is 1. The zero-order valence-corrected chi connectivity index (χ0v) is 24.4. The predicted molar refractivity (Wildman–Crippen MR) is 152 cm³/mol. The van der Waals surface area contributed by atoms with E-state index >= 15 is 0 Å². The summed E-state index contributed by atoms with van der Waals surface area (Å²) in [5.41, 5.74) is 0.954. The standard InChI is InChI=1S/C25H32N6O7S2/c1-7-39(32,33)13-11-28-24-18(16-26)17(3)23(25(29-24)27-10-9-12-36-4)31-30-19-14-21(38-6)22(15-20(19)37-5)40(34,35)8-2/h7-8,14-15H,1-2,9-13H2,3-6H3,(H2,27,28,29)/b31-30+. The van der Waals surface area contributed by atoms with Gasteiger partial charge in [-0.3, -0.25) is 0 Å². The monoisotopic (exact) mass is 592 g/mol. The van der Waals surface area contributed by atoms with E-state index in [1.807, 2.05) is 0 Å². The molecule has 2 rings (SSSR count). The number of hydrogen-bond donors (Lipinski definition) is 2. The fourth-order valence-electron chi connectivity index (χ4n) is 3.37. The van der Waals surface area contributed by atoms with Crippen LogP contribution in [0.15, 0.2) is 51.2 Å². The topological polar surface area (TPSA) is 181 Å². The quantitative estimate of drug-likeness (QED) is 0.212. The van der Waals surface area contributed by atoms with Gasteiger partial charge in [0.2, 0.25) is 9.84 Å². The summed E-state index contributed by atoms with van der Waals surface area (Å²) < 4.78 is 64.1. The van der Waals surface area contributed by atoms with Crippen LogP contribution < -0.4 is 20.1 Å². The second-order valence-electron chi connectivity index (χ2n) is 8.09. The van der Waals surface area contributed by atoms with Gasteiger partial charge < -0.3 is 24.8 Å². The van der Waals surface area contributed by atoms with E-state index in [0.717, 1.165) is 10.8 Å². The highest BCUT2D eigenvalue weighted by molar-refractivity contribution is 7.94. The molecule has 0 atom stereocenters. The minimum absolute atomic E-state index is 0.00356. The van der Waals surface area contributed by atoms with Crippen molar-refractivity contribution in [2.24, 2.45) is 10.2 Å². The van der Waals surface area contributed by atoms with Crippen molar-refractivity contribution < 1.29 is 31.0 Å². The number of methoxy groups -OCH3 is 3. The Labute approximate surface area is 234 Å². The Balaban J connectivity index is 2.62. The number of nitrogens with one attached hydrogen (secondary N) is 2. The van der Waals surface area contributed by atoms with Crippen molar-refractivity contribution >= 4 is 42.7 Å². The van der Waals surface area contributed by atoms with Crippen LogP contribution in [0, 0.1) is 18.3 Å². The molecule has 1 aromatic heterocycles. The van der Waals surface area contributed by atoms with Crippen molar-refractivity contribution in [3.8, 4) is 17.6 Å². The lowest BCUT2D eigenvalue weighted by atomic mass is 10.1. The lowest BCUT2D eigenvalue weighted by Gasteiger charge is -2.16. The van der Waals surface area contributed by atoms with Crippen LogP contribution in [-0.4, -0.2) is 68.6 Å². The number of hydrogen-bond acceptors (Lipinski definition) is 13. The van der Waals surface area contributed by atoms with Gasteiger partial charge >= 0.3 is 0 Å². The zero-order valence-electron chi connectivity index (χ0n) is 22.7. The van der Waals surface area contributed by atoms with Gasteiger partial charge in [-0.15, -0.1) is 10.2 Å². The Morgan fingerprint density at radius 3 is 2.25 bits per heavy atom. The summed E-state index contributed by atoms with van der Waals surface area (Å²) >= 11 is 0. The molecule has 0 aliphatic rings. The summed E-state index contributed by atoms with van der Waals surface area (Å²) in [5, 5.41) is 26.2. The number of rotatable bonds is 16. The van der Waals surface area contributed by atoms with Gasteiger partial charge in [0.25, 0.3) is 0 Å². The number of benzene rings is 1. The third kappa shape index (κ3) is 8.01. The maximum Gasteiger partial charge on any atom is 0.203 e. The Bertz CT molecular complexity index is 1530. The average Bonchev–Trinajstić information content (AvgIpc) is 2.94. The summed E-state index contributed by atoms with van der Waals surface area (Å²) in [6.07, 6.45) is 0.637. The van der Waals surface area contributed by atoms with Gasteiger partial charge in [-0.05, 0) is 13.3 Å². The normalized spacial score (nSPS) is 11.6. The summed E-state index contributed by atoms with van der Waals surface area (Å²) in [7, 11) is -3.07. The summed E-state index contributed by atoms with van der Waals surface area (Å²) in [5.74, 6) is 0.328. The third-order valence-corrected chi connectivity index (χ3v) is 8.18. The van der Waals surface area contributed by atoms with Crippen molar-refractivity contribution in [1.29, 1.82) is 5.26 Å². The fourth-order valence-corrected chi connectivity index (χ4v) is 4.80. The maximum atomic E-state index is 12.4. The summed E-state index contributed by atoms with van der Waals surface area (Å²) in [4.78, 5) is 4.33. The molecule has 216 valence electrons. The van der Waals surface area contributed by atoms with Crippen LogP contribution in [0.2, 0.25) is 0 Å². The maximum absolute atomic E-state index is 12.4. The van der Waals surface area contributed by atoms with Crippen LogP contribution >= 0.6 is 0 Å². The Kier molecular flexibility index (Phi) is 11.6. The highest BCUT2D eigenvalue weighted by Crippen LogP contribution is 2.40. The molecule has 0 fully saturated rings. The predicted octanol–water partition coefficient (Wildman–Crippen LogP) is 4.03. The first-order valence-corrected chi connectivity index (χ1v) is 15.1. The van der Waals surface area contributed by atoms with Gasteiger partial charge in [-0.2, -0.15) is 5.26 Å². The number of pyridine rings is 1. The molecule has 0 saturated carbocycles. The van der Waals surface area contributed by atoms with Crippen LogP contribution in [0.25, 0.3) is 0 Å². The lowest BCUT2D eigenvalue weighted by molar-refractivity contribution is 0.198. The molecule has 1 heterocycles. The van der Waals surface area contributed by atoms with Crippen molar-refractivity contribution in [2.45, 2.75) is 18.2 Å². The van der Waals surface area contributed by atoms with E-state index in [4.69, 9.17) is 14.2 Å². The highest BCUT2D eigenvalue weighted by atomic mass is 32.2. The van der Waals surface area contributed by atoms with Crippen molar-refractivity contribution in [1.82, 2.24) is 4.98 Å². The van der Waals surface area contributed by atoms with E-state index in [-0.39, 0.29) is 57.3 Å². The molecule has 0 saturated heterocycles. The molecular weight excluding hydrogens is 560 g/mol. The molecule has 15 heteroatoms. The molecule has 0 aliphatic heterocycles. The van der Waals surface area contributed by atoms with Crippen molar-refractivity contribution in [2.75, 3.05) is 57.4 Å². The minimum atomic E-state index is -3.85. The van der Waals surface area contributed by atoms with Crippen LogP contribution in [0.5, 0.6) is 11.5 Å². The second-order valence-corrected chi connectivity index (χ2v) is 12.0. The number of aromatic nitrogens is 1. The largest absolute Gasteiger partial charge is 0.495 e. The SMILES string of the molecule is C=CS(=O)(=O)CCNc1nc(NCCCOC)c(/N=N/c2cc(OC)c(S(=O)(=O)C=C)cc2OC)c(C)c1C#N. The highest BCUT2D eigenvalue weighted by Gasteiger charge is 2.22. The molecular formula is C25H32N6O7S2. The third-order valence-electron chi connectivity index (χ3n) is 5.53. The smallest absolute Gasteiger partial charge is 0.203 e. The van der Waals surface area contributed by atoms with E-state index in [1.54, 1.807) is 14.0 Å². The van der Waals surface area contributed by atoms with E-state index < -0.39 is 19.7 Å². The molecule has 0 bridgehead atoms. The van der Waals surface area contributed by atoms with Crippen LogP contribution in [0.4, 0.5) is 23.0 Å². The van der Waals surface area contributed by atoms with E-state index in [0.29, 0.717) is 25.1 Å². The Morgan fingerprint density at radius 2 is 1.68 bits per heavy atom. The van der Waals surface area contributed by atoms with Gasteiger partial charge in [0.1, 0.15) is 39.7 Å². The molecule has 40 heavy (non-hydrogen) atoms. The summed E-state index contributed by atoms with van der Waals surface area (Å²) in [6.45, 7) is 9.21. The molecule has 2 aromatic rings. The van der Waals surface area contributed by atoms with Gasteiger partial charge in [-0.25, -0.2) is 21.8 Å². The van der Waals surface area contributed by atoms with Crippen LogP contribution in [0.1, 0.15) is 17.5 Å². The van der Waals surface area contributed by atoms with Crippen molar-refractivity contribution in [3.05, 3.63) is 47.2 Å². The molecule has 0 amide bonds. The molecule has 1 aromatic carbocycles. The molecule has 0 spiro atoms. The lowest BCUT2D eigenvalue weighted by Crippen LogP contribution is -2.16. The summed E-state index contributed by atoms with van der Waals surface area (Å²) in [6, 6.07) is 4.68. The number of nitriles is 1. The first kappa shape index (κ1) is 32.2. The van der Waals surface area contributed by atoms with E-state index in [1.165, 1.54) is 26.4 Å². The zero-order chi connectivity index (χ0) is 29.9.